The highest BCUT2D eigenvalue weighted by atomic mass is 19.4. The second-order valence-corrected chi connectivity index (χ2v) is 6.49. The first-order valence-electron chi connectivity index (χ1n) is 8.65. The van der Waals surface area contributed by atoms with Crippen LogP contribution >= 0.6 is 0 Å². The highest BCUT2D eigenvalue weighted by Gasteiger charge is 2.34. The molecule has 6 nitrogen and oxygen atoms in total. The third-order valence-electron chi connectivity index (χ3n) is 4.53. The summed E-state index contributed by atoms with van der Waals surface area (Å²) in [6.45, 7) is 0.906. The van der Waals surface area contributed by atoms with Gasteiger partial charge in [-0.3, -0.25) is 0 Å². The molecule has 0 amide bonds. The van der Waals surface area contributed by atoms with E-state index in [1.165, 1.54) is 12.1 Å². The quantitative estimate of drug-likeness (QED) is 0.625. The second-order valence-electron chi connectivity index (χ2n) is 6.49. The average Bonchev–Trinajstić information content (AvgIpc) is 3.18. The summed E-state index contributed by atoms with van der Waals surface area (Å²) in [5.74, 6) is 0.223. The number of alkyl halides is 3. The number of aromatic nitrogens is 4. The molecule has 1 fully saturated rings. The van der Waals surface area contributed by atoms with Crippen molar-refractivity contribution in [2.24, 2.45) is 0 Å². The van der Waals surface area contributed by atoms with Crippen LogP contribution < -0.4 is 4.90 Å². The Labute approximate surface area is 157 Å². The van der Waals surface area contributed by atoms with Gasteiger partial charge in [-0.2, -0.15) is 18.2 Å². The summed E-state index contributed by atoms with van der Waals surface area (Å²) in [5, 5.41) is 3.93. The zero-order valence-corrected chi connectivity index (χ0v) is 14.5. The minimum atomic E-state index is -4.52. The maximum absolute atomic E-state index is 13.1. The van der Waals surface area contributed by atoms with Gasteiger partial charge in [0.15, 0.2) is 0 Å². The monoisotopic (exact) mass is 393 g/mol. The number of piperidine rings is 1. The van der Waals surface area contributed by atoms with Crippen molar-refractivity contribution >= 4 is 5.95 Å². The highest BCUT2D eigenvalue weighted by Crippen LogP contribution is 2.31. The minimum Gasteiger partial charge on any atom is -0.340 e. The summed E-state index contributed by atoms with van der Waals surface area (Å²) < 4.78 is 57.1. The Hall–Kier alpha value is -3.04. The number of rotatable bonds is 3. The van der Waals surface area contributed by atoms with Gasteiger partial charge in [-0.25, -0.2) is 14.4 Å². The van der Waals surface area contributed by atoms with E-state index in [9.17, 15) is 17.6 Å². The van der Waals surface area contributed by atoms with Gasteiger partial charge in [0.25, 0.3) is 0 Å². The first kappa shape index (κ1) is 18.3. The molecular weight excluding hydrogens is 378 g/mol. The molecule has 1 unspecified atom stereocenters. The lowest BCUT2D eigenvalue weighted by atomic mass is 9.98. The fourth-order valence-corrected chi connectivity index (χ4v) is 3.14. The normalized spacial score (nSPS) is 17.7. The molecule has 0 bridgehead atoms. The van der Waals surface area contributed by atoms with E-state index in [4.69, 9.17) is 4.52 Å². The Morgan fingerprint density at radius 2 is 1.86 bits per heavy atom. The summed E-state index contributed by atoms with van der Waals surface area (Å²) in [5.41, 5.74) is -0.360. The van der Waals surface area contributed by atoms with E-state index < -0.39 is 11.9 Å². The van der Waals surface area contributed by atoms with E-state index in [0.717, 1.165) is 25.1 Å². The van der Waals surface area contributed by atoms with Crippen molar-refractivity contribution in [3.63, 3.8) is 0 Å². The zero-order valence-electron chi connectivity index (χ0n) is 14.5. The van der Waals surface area contributed by atoms with Crippen LogP contribution in [-0.4, -0.2) is 33.2 Å². The summed E-state index contributed by atoms with van der Waals surface area (Å²) in [4.78, 5) is 13.7. The molecule has 1 saturated heterocycles. The third-order valence-corrected chi connectivity index (χ3v) is 4.53. The van der Waals surface area contributed by atoms with E-state index in [2.05, 4.69) is 20.1 Å². The molecule has 1 aromatic carbocycles. The SMILES string of the molecule is Fc1ccc(-c2noc(C3CCCN(c4nccc(C(F)(F)F)n4)C3)n2)cc1. The van der Waals surface area contributed by atoms with Gasteiger partial charge in [-0.1, -0.05) is 5.16 Å². The molecule has 0 spiro atoms. The highest BCUT2D eigenvalue weighted by molar-refractivity contribution is 5.53. The van der Waals surface area contributed by atoms with Crippen LogP contribution in [0.4, 0.5) is 23.5 Å². The minimum absolute atomic E-state index is 0.0257. The van der Waals surface area contributed by atoms with Crippen molar-refractivity contribution in [2.45, 2.75) is 24.9 Å². The molecule has 10 heteroatoms. The molecule has 28 heavy (non-hydrogen) atoms. The Bertz CT molecular complexity index is 957. The Kier molecular flexibility index (Phi) is 4.70. The Morgan fingerprint density at radius 1 is 1.07 bits per heavy atom. The molecule has 3 heterocycles. The molecule has 0 N–H and O–H groups in total. The summed E-state index contributed by atoms with van der Waals surface area (Å²) in [6.07, 6.45) is -1.95. The molecule has 4 rings (SSSR count). The fourth-order valence-electron chi connectivity index (χ4n) is 3.14. The molecule has 1 aliphatic rings. The molecule has 0 saturated carbocycles. The Morgan fingerprint density at radius 3 is 2.61 bits per heavy atom. The maximum atomic E-state index is 13.1. The maximum Gasteiger partial charge on any atom is 0.433 e. The van der Waals surface area contributed by atoms with Gasteiger partial charge in [0, 0.05) is 24.8 Å². The van der Waals surface area contributed by atoms with E-state index >= 15 is 0 Å². The van der Waals surface area contributed by atoms with Gasteiger partial charge in [-0.15, -0.1) is 0 Å². The van der Waals surface area contributed by atoms with Gasteiger partial charge < -0.3 is 9.42 Å². The van der Waals surface area contributed by atoms with E-state index in [0.29, 0.717) is 30.4 Å². The number of hydrogen-bond donors (Lipinski definition) is 0. The molecule has 0 radical (unpaired) electrons. The lowest BCUT2D eigenvalue weighted by Gasteiger charge is -2.31. The molecule has 1 atom stereocenters. The number of hydrogen-bond acceptors (Lipinski definition) is 6. The third kappa shape index (κ3) is 3.80. The van der Waals surface area contributed by atoms with Crippen LogP contribution in [-0.2, 0) is 6.18 Å². The Balaban J connectivity index is 1.52. The molecule has 3 aromatic rings. The molecule has 1 aliphatic heterocycles. The first-order valence-corrected chi connectivity index (χ1v) is 8.65. The van der Waals surface area contributed by atoms with E-state index in [-0.39, 0.29) is 17.7 Å². The molecule has 146 valence electrons. The van der Waals surface area contributed by atoms with Gasteiger partial charge in [0.2, 0.25) is 17.7 Å². The van der Waals surface area contributed by atoms with Crippen molar-refractivity contribution < 1.29 is 22.1 Å². The van der Waals surface area contributed by atoms with Crippen molar-refractivity contribution in [1.82, 2.24) is 20.1 Å². The number of halogens is 4. The van der Waals surface area contributed by atoms with Crippen LogP contribution in [0.15, 0.2) is 41.1 Å². The molecular formula is C18H15F4N5O. The summed E-state index contributed by atoms with van der Waals surface area (Å²) in [7, 11) is 0. The van der Waals surface area contributed by atoms with Crippen molar-refractivity contribution in [2.75, 3.05) is 18.0 Å². The van der Waals surface area contributed by atoms with Crippen LogP contribution in [0.5, 0.6) is 0 Å². The number of benzene rings is 1. The average molecular weight is 393 g/mol. The van der Waals surface area contributed by atoms with Crippen LogP contribution in [0.3, 0.4) is 0 Å². The number of anilines is 1. The van der Waals surface area contributed by atoms with E-state index in [1.54, 1.807) is 17.0 Å². The van der Waals surface area contributed by atoms with E-state index in [1.807, 2.05) is 0 Å². The van der Waals surface area contributed by atoms with Crippen molar-refractivity contribution in [3.8, 4) is 11.4 Å². The standard InChI is InChI=1S/C18H15F4N5O/c19-13-5-3-11(4-6-13)15-25-16(28-26-15)12-2-1-9-27(10-12)17-23-8-7-14(24-17)18(20,21)22/h3-8,12H,1-2,9-10H2. The van der Waals surface area contributed by atoms with Gasteiger partial charge >= 0.3 is 6.18 Å². The smallest absolute Gasteiger partial charge is 0.340 e. The largest absolute Gasteiger partial charge is 0.433 e. The van der Waals surface area contributed by atoms with Crippen LogP contribution in [0.2, 0.25) is 0 Å². The first-order chi connectivity index (χ1) is 13.4. The van der Waals surface area contributed by atoms with Gasteiger partial charge in [0.1, 0.15) is 11.5 Å². The lowest BCUT2D eigenvalue weighted by Crippen LogP contribution is -2.36. The predicted octanol–water partition coefficient (Wildman–Crippen LogP) is 4.07. The van der Waals surface area contributed by atoms with Crippen molar-refractivity contribution in [3.05, 3.63) is 53.9 Å². The predicted molar refractivity (Wildman–Crippen MR) is 90.9 cm³/mol. The van der Waals surface area contributed by atoms with Gasteiger partial charge in [-0.05, 0) is 43.2 Å². The van der Waals surface area contributed by atoms with Crippen LogP contribution in [0.25, 0.3) is 11.4 Å². The molecule has 0 aliphatic carbocycles. The topological polar surface area (TPSA) is 67.9 Å². The lowest BCUT2D eigenvalue weighted by molar-refractivity contribution is -0.141. The molecule has 2 aromatic heterocycles. The summed E-state index contributed by atoms with van der Waals surface area (Å²) in [6, 6.07) is 6.55. The second kappa shape index (κ2) is 7.17. The van der Waals surface area contributed by atoms with Crippen LogP contribution in [0.1, 0.15) is 30.3 Å². The fraction of sp³-hybridized carbons (Fsp3) is 0.333. The van der Waals surface area contributed by atoms with Crippen molar-refractivity contribution in [1.29, 1.82) is 0 Å². The van der Waals surface area contributed by atoms with Gasteiger partial charge in [0.05, 0.1) is 5.92 Å². The summed E-state index contributed by atoms with van der Waals surface area (Å²) >= 11 is 0. The van der Waals surface area contributed by atoms with Crippen LogP contribution in [0, 0.1) is 5.82 Å². The zero-order chi connectivity index (χ0) is 19.7. The number of nitrogens with zero attached hydrogens (tertiary/aromatic N) is 5.